The van der Waals surface area contributed by atoms with Gasteiger partial charge in [0.05, 0.1) is 11.7 Å². The SMILES string of the molecule is O=C(c1cscn1)N1CC[C@@]2(CCCc3cn[nH]c32)C1. The maximum atomic E-state index is 12.4. The molecule has 2 aliphatic rings. The van der Waals surface area contributed by atoms with E-state index in [1.165, 1.54) is 29.0 Å². The van der Waals surface area contributed by atoms with Gasteiger partial charge < -0.3 is 4.90 Å². The van der Waals surface area contributed by atoms with Gasteiger partial charge in [-0.15, -0.1) is 11.3 Å². The molecule has 2 aromatic heterocycles. The van der Waals surface area contributed by atoms with E-state index in [4.69, 9.17) is 0 Å². The van der Waals surface area contributed by atoms with Crippen LogP contribution in [0.5, 0.6) is 0 Å². The summed E-state index contributed by atoms with van der Waals surface area (Å²) in [5, 5.41) is 9.22. The van der Waals surface area contributed by atoms with Crippen LogP contribution in [-0.4, -0.2) is 39.1 Å². The minimum atomic E-state index is 0.0646. The molecule has 2 aromatic rings. The number of thiazole rings is 1. The highest BCUT2D eigenvalue weighted by Crippen LogP contribution is 2.43. The molecule has 5 nitrogen and oxygen atoms in total. The van der Waals surface area contributed by atoms with Gasteiger partial charge in [-0.25, -0.2) is 4.98 Å². The number of nitrogens with one attached hydrogen (secondary N) is 1. The van der Waals surface area contributed by atoms with Crippen LogP contribution in [0.15, 0.2) is 17.1 Å². The number of H-pyrrole nitrogens is 1. The van der Waals surface area contributed by atoms with Crippen LogP contribution in [-0.2, 0) is 11.8 Å². The minimum absolute atomic E-state index is 0.0646. The van der Waals surface area contributed by atoms with Crippen molar-refractivity contribution >= 4 is 17.2 Å². The Morgan fingerprint density at radius 3 is 3.25 bits per heavy atom. The van der Waals surface area contributed by atoms with Crippen molar-refractivity contribution in [1.29, 1.82) is 0 Å². The third kappa shape index (κ3) is 1.71. The molecule has 0 bridgehead atoms. The van der Waals surface area contributed by atoms with E-state index in [9.17, 15) is 4.79 Å². The zero-order chi connectivity index (χ0) is 13.6. The number of fused-ring (bicyclic) bond motifs is 2. The van der Waals surface area contributed by atoms with E-state index < -0.39 is 0 Å². The van der Waals surface area contributed by atoms with Gasteiger partial charge in [0.2, 0.25) is 0 Å². The van der Waals surface area contributed by atoms with Crippen molar-refractivity contribution in [2.24, 2.45) is 0 Å². The van der Waals surface area contributed by atoms with Gasteiger partial charge >= 0.3 is 0 Å². The zero-order valence-corrected chi connectivity index (χ0v) is 11.9. The Morgan fingerprint density at radius 2 is 2.40 bits per heavy atom. The van der Waals surface area contributed by atoms with E-state index in [1.807, 2.05) is 16.5 Å². The summed E-state index contributed by atoms with van der Waals surface area (Å²) in [5.74, 6) is 0.0646. The predicted octanol–water partition coefficient (Wildman–Crippen LogP) is 1.99. The second kappa shape index (κ2) is 4.41. The smallest absolute Gasteiger partial charge is 0.273 e. The average molecular weight is 288 g/mol. The zero-order valence-electron chi connectivity index (χ0n) is 11.1. The molecule has 1 spiro atoms. The molecular formula is C14H16N4OS. The lowest BCUT2D eigenvalue weighted by Gasteiger charge is -2.32. The highest BCUT2D eigenvalue weighted by atomic mass is 32.1. The Hall–Kier alpha value is -1.69. The van der Waals surface area contributed by atoms with E-state index in [2.05, 4.69) is 15.2 Å². The van der Waals surface area contributed by atoms with Crippen LogP contribution >= 0.6 is 11.3 Å². The van der Waals surface area contributed by atoms with Crippen molar-refractivity contribution in [3.05, 3.63) is 34.0 Å². The van der Waals surface area contributed by atoms with Crippen molar-refractivity contribution in [3.63, 3.8) is 0 Å². The molecular weight excluding hydrogens is 272 g/mol. The normalized spacial score (nSPS) is 25.1. The van der Waals surface area contributed by atoms with Crippen LogP contribution in [0.3, 0.4) is 0 Å². The molecule has 1 amide bonds. The lowest BCUT2D eigenvalue weighted by atomic mass is 9.73. The molecule has 1 aliphatic heterocycles. The molecule has 20 heavy (non-hydrogen) atoms. The van der Waals surface area contributed by atoms with Crippen LogP contribution in [0, 0.1) is 0 Å². The van der Waals surface area contributed by atoms with Gasteiger partial charge in [-0.3, -0.25) is 9.89 Å². The first-order valence-electron chi connectivity index (χ1n) is 6.99. The van der Waals surface area contributed by atoms with E-state index >= 15 is 0 Å². The monoisotopic (exact) mass is 288 g/mol. The third-order valence-electron chi connectivity index (χ3n) is 4.64. The van der Waals surface area contributed by atoms with Crippen LogP contribution in [0.1, 0.15) is 41.0 Å². The third-order valence-corrected chi connectivity index (χ3v) is 5.23. The Bertz CT molecular complexity index is 635. The number of hydrogen-bond donors (Lipinski definition) is 1. The first kappa shape index (κ1) is 12.1. The van der Waals surface area contributed by atoms with E-state index in [1.54, 1.807) is 5.51 Å². The van der Waals surface area contributed by atoms with Gasteiger partial charge in [-0.05, 0) is 31.2 Å². The van der Waals surface area contributed by atoms with Crippen molar-refractivity contribution in [3.8, 4) is 0 Å². The summed E-state index contributed by atoms with van der Waals surface area (Å²) in [7, 11) is 0. The Kier molecular flexibility index (Phi) is 2.66. The summed E-state index contributed by atoms with van der Waals surface area (Å²) in [4.78, 5) is 18.5. The number of aromatic nitrogens is 3. The van der Waals surface area contributed by atoms with Crippen LogP contribution < -0.4 is 0 Å². The fourth-order valence-electron chi connectivity index (χ4n) is 3.64. The number of carbonyl (C=O) groups is 1. The van der Waals surface area contributed by atoms with Crippen molar-refractivity contribution < 1.29 is 4.79 Å². The van der Waals surface area contributed by atoms with Crippen LogP contribution in [0.4, 0.5) is 0 Å². The van der Waals surface area contributed by atoms with Crippen molar-refractivity contribution in [1.82, 2.24) is 20.1 Å². The predicted molar refractivity (Wildman–Crippen MR) is 75.8 cm³/mol. The fourth-order valence-corrected chi connectivity index (χ4v) is 4.16. The first-order valence-corrected chi connectivity index (χ1v) is 7.93. The minimum Gasteiger partial charge on any atom is -0.336 e. The molecule has 1 fully saturated rings. The Labute approximate surface area is 121 Å². The molecule has 1 saturated heterocycles. The summed E-state index contributed by atoms with van der Waals surface area (Å²) in [6.07, 6.45) is 6.40. The second-order valence-electron chi connectivity index (χ2n) is 5.75. The van der Waals surface area contributed by atoms with Gasteiger partial charge in [0.1, 0.15) is 5.69 Å². The molecule has 0 radical (unpaired) electrons. The maximum Gasteiger partial charge on any atom is 0.273 e. The number of aryl methyl sites for hydroxylation is 1. The molecule has 0 aromatic carbocycles. The Morgan fingerprint density at radius 1 is 1.45 bits per heavy atom. The molecule has 4 rings (SSSR count). The topological polar surface area (TPSA) is 61.9 Å². The molecule has 3 heterocycles. The number of aromatic amines is 1. The number of nitrogens with zero attached hydrogens (tertiary/aromatic N) is 3. The molecule has 1 N–H and O–H groups in total. The molecule has 1 aliphatic carbocycles. The van der Waals surface area contributed by atoms with Gasteiger partial charge in [-0.1, -0.05) is 0 Å². The lowest BCUT2D eigenvalue weighted by molar-refractivity contribution is 0.0776. The van der Waals surface area contributed by atoms with Gasteiger partial charge in [0, 0.05) is 29.6 Å². The molecule has 0 saturated carbocycles. The van der Waals surface area contributed by atoms with Crippen molar-refractivity contribution in [2.45, 2.75) is 31.1 Å². The molecule has 104 valence electrons. The lowest BCUT2D eigenvalue weighted by Crippen LogP contribution is -2.37. The average Bonchev–Trinajstić information content (AvgIpc) is 3.19. The van der Waals surface area contributed by atoms with E-state index in [-0.39, 0.29) is 11.3 Å². The molecule has 6 heteroatoms. The van der Waals surface area contributed by atoms with Crippen LogP contribution in [0.25, 0.3) is 0 Å². The summed E-state index contributed by atoms with van der Waals surface area (Å²) in [6, 6.07) is 0. The van der Waals surface area contributed by atoms with E-state index in [0.29, 0.717) is 5.69 Å². The fraction of sp³-hybridized carbons (Fsp3) is 0.500. The number of amides is 1. The van der Waals surface area contributed by atoms with Gasteiger partial charge in [0.15, 0.2) is 0 Å². The summed E-state index contributed by atoms with van der Waals surface area (Å²) in [6.45, 7) is 1.60. The highest BCUT2D eigenvalue weighted by molar-refractivity contribution is 7.07. The maximum absolute atomic E-state index is 12.4. The van der Waals surface area contributed by atoms with Gasteiger partial charge in [-0.2, -0.15) is 5.10 Å². The quantitative estimate of drug-likeness (QED) is 0.873. The summed E-state index contributed by atoms with van der Waals surface area (Å²) in [5.41, 5.74) is 4.98. The highest BCUT2D eigenvalue weighted by Gasteiger charge is 2.45. The summed E-state index contributed by atoms with van der Waals surface area (Å²) >= 11 is 1.47. The second-order valence-corrected chi connectivity index (χ2v) is 6.47. The number of carbonyl (C=O) groups excluding carboxylic acids is 1. The van der Waals surface area contributed by atoms with E-state index in [0.717, 1.165) is 32.4 Å². The standard InChI is InChI=1S/C14H16N4OS/c19-13(11-7-20-9-15-11)18-5-4-14(8-18)3-1-2-10-6-16-17-12(10)14/h6-7,9H,1-5,8H2,(H,16,17)/t14-/m0/s1. The van der Waals surface area contributed by atoms with Crippen LogP contribution in [0.2, 0.25) is 0 Å². The summed E-state index contributed by atoms with van der Waals surface area (Å²) < 4.78 is 0. The molecule has 0 unspecified atom stereocenters. The number of likely N-dealkylation sites (tertiary alicyclic amines) is 1. The number of rotatable bonds is 1. The molecule has 1 atom stereocenters. The van der Waals surface area contributed by atoms with Gasteiger partial charge in [0.25, 0.3) is 5.91 Å². The first-order chi connectivity index (χ1) is 9.78. The Balaban J connectivity index is 1.61. The largest absolute Gasteiger partial charge is 0.336 e. The van der Waals surface area contributed by atoms with Crippen molar-refractivity contribution in [2.75, 3.05) is 13.1 Å². The number of hydrogen-bond acceptors (Lipinski definition) is 4.